The Labute approximate surface area is 89.2 Å². The Bertz CT molecular complexity index is 323. The van der Waals surface area contributed by atoms with Crippen LogP contribution in [0, 0.1) is 0 Å². The first-order valence-corrected chi connectivity index (χ1v) is 5.52. The van der Waals surface area contributed by atoms with E-state index in [2.05, 4.69) is 12.1 Å². The van der Waals surface area contributed by atoms with Crippen LogP contribution in [0.4, 0.5) is 0 Å². The molecular formula is C12H14OS. The maximum Gasteiger partial charge on any atom is 0.156 e. The Kier molecular flexibility index (Phi) is 4.47. The lowest BCUT2D eigenvalue weighted by atomic mass is 10.2. The van der Waals surface area contributed by atoms with Gasteiger partial charge in [-0.2, -0.15) is 0 Å². The van der Waals surface area contributed by atoms with Crippen molar-refractivity contribution in [1.82, 2.24) is 0 Å². The minimum absolute atomic E-state index is 0.842. The number of carbonyl (C=O) groups is 1. The molecule has 2 heteroatoms. The quantitative estimate of drug-likeness (QED) is 0.554. The van der Waals surface area contributed by atoms with Gasteiger partial charge >= 0.3 is 0 Å². The lowest BCUT2D eigenvalue weighted by Crippen LogP contribution is -1.85. The summed E-state index contributed by atoms with van der Waals surface area (Å²) >= 11 is 1.59. The summed E-state index contributed by atoms with van der Waals surface area (Å²) in [6.07, 6.45) is 0.933. The first kappa shape index (κ1) is 11.1. The molecule has 0 aliphatic carbocycles. The second-order valence-electron chi connectivity index (χ2n) is 3.26. The smallest absolute Gasteiger partial charge is 0.156 e. The molecule has 1 rings (SSSR count). The minimum atomic E-state index is 0.842. The van der Waals surface area contributed by atoms with Crippen molar-refractivity contribution in [3.8, 4) is 0 Å². The molecule has 0 aromatic heterocycles. The van der Waals surface area contributed by atoms with Crippen molar-refractivity contribution in [2.24, 2.45) is 0 Å². The molecular weight excluding hydrogens is 192 g/mol. The third kappa shape index (κ3) is 3.38. The fourth-order valence-electron chi connectivity index (χ4n) is 1.03. The van der Waals surface area contributed by atoms with Crippen LogP contribution in [-0.4, -0.2) is 6.29 Å². The van der Waals surface area contributed by atoms with E-state index in [1.54, 1.807) is 11.8 Å². The molecule has 0 unspecified atom stereocenters. The van der Waals surface area contributed by atoms with Crippen molar-refractivity contribution in [1.29, 1.82) is 0 Å². The Morgan fingerprint density at radius 1 is 1.29 bits per heavy atom. The van der Waals surface area contributed by atoms with E-state index in [1.165, 1.54) is 5.56 Å². The van der Waals surface area contributed by atoms with Crippen molar-refractivity contribution in [3.63, 3.8) is 0 Å². The van der Waals surface area contributed by atoms with Crippen LogP contribution in [-0.2, 0) is 10.5 Å². The highest BCUT2D eigenvalue weighted by Gasteiger charge is 1.99. The number of aldehydes is 1. The molecule has 0 aliphatic heterocycles. The van der Waals surface area contributed by atoms with Gasteiger partial charge in [-0.3, -0.25) is 4.79 Å². The zero-order chi connectivity index (χ0) is 10.4. The average Bonchev–Trinajstić information content (AvgIpc) is 2.20. The third-order valence-corrected chi connectivity index (χ3v) is 3.13. The maximum atomic E-state index is 10.7. The van der Waals surface area contributed by atoms with Gasteiger partial charge in [-0.15, -0.1) is 11.8 Å². The van der Waals surface area contributed by atoms with Gasteiger partial charge in [0.05, 0.1) is 0 Å². The molecule has 0 spiro atoms. The van der Waals surface area contributed by atoms with Crippen LogP contribution < -0.4 is 0 Å². The molecule has 1 aromatic rings. The van der Waals surface area contributed by atoms with Gasteiger partial charge < -0.3 is 0 Å². The first-order chi connectivity index (χ1) is 6.74. The second-order valence-corrected chi connectivity index (χ2v) is 4.27. The van der Waals surface area contributed by atoms with Gasteiger partial charge in [-0.05, 0) is 19.4 Å². The van der Waals surface area contributed by atoms with E-state index in [4.69, 9.17) is 0 Å². The number of hydrogen-bond acceptors (Lipinski definition) is 2. The lowest BCUT2D eigenvalue weighted by Gasteiger charge is -2.02. The number of benzene rings is 1. The summed E-state index contributed by atoms with van der Waals surface area (Å²) in [6.45, 7) is 3.92. The highest BCUT2D eigenvalue weighted by atomic mass is 32.2. The summed E-state index contributed by atoms with van der Waals surface area (Å²) in [7, 11) is 0. The predicted octanol–water partition coefficient (Wildman–Crippen LogP) is 3.41. The van der Waals surface area contributed by atoms with Crippen molar-refractivity contribution in [3.05, 3.63) is 46.4 Å². The van der Waals surface area contributed by atoms with Crippen LogP contribution in [0.25, 0.3) is 0 Å². The molecule has 1 aromatic carbocycles. The van der Waals surface area contributed by atoms with E-state index in [0.717, 1.165) is 22.5 Å². The molecule has 0 N–H and O–H groups in total. The second kappa shape index (κ2) is 5.66. The topological polar surface area (TPSA) is 17.1 Å². The first-order valence-electron chi connectivity index (χ1n) is 4.53. The molecule has 0 amide bonds. The number of thioether (sulfide) groups is 1. The van der Waals surface area contributed by atoms with Crippen molar-refractivity contribution in [2.75, 3.05) is 0 Å². The van der Waals surface area contributed by atoms with Crippen LogP contribution in [0.2, 0.25) is 0 Å². The SMILES string of the molecule is CC(C)=C(C=O)SCc1ccccc1. The Balaban J connectivity index is 2.57. The van der Waals surface area contributed by atoms with Crippen molar-refractivity contribution in [2.45, 2.75) is 19.6 Å². The molecule has 0 atom stereocenters. The molecule has 0 aliphatic rings. The van der Waals surface area contributed by atoms with Crippen LogP contribution in [0.3, 0.4) is 0 Å². The van der Waals surface area contributed by atoms with Gasteiger partial charge in [0.25, 0.3) is 0 Å². The number of rotatable bonds is 4. The van der Waals surface area contributed by atoms with Crippen LogP contribution >= 0.6 is 11.8 Å². The fourth-order valence-corrected chi connectivity index (χ4v) is 1.90. The molecule has 0 radical (unpaired) electrons. The molecule has 0 saturated carbocycles. The van der Waals surface area contributed by atoms with Crippen LogP contribution in [0.1, 0.15) is 19.4 Å². The summed E-state index contributed by atoms with van der Waals surface area (Å²) in [5.74, 6) is 0.861. The maximum absolute atomic E-state index is 10.7. The minimum Gasteiger partial charge on any atom is -0.297 e. The van der Waals surface area contributed by atoms with Gasteiger partial charge in [0, 0.05) is 10.7 Å². The highest BCUT2D eigenvalue weighted by molar-refractivity contribution is 8.03. The predicted molar refractivity (Wildman–Crippen MR) is 62.2 cm³/mol. The zero-order valence-corrected chi connectivity index (χ0v) is 9.30. The van der Waals surface area contributed by atoms with E-state index < -0.39 is 0 Å². The molecule has 1 nitrogen and oxygen atoms in total. The molecule has 0 fully saturated rings. The van der Waals surface area contributed by atoms with E-state index in [9.17, 15) is 4.79 Å². The summed E-state index contributed by atoms with van der Waals surface area (Å²) in [5.41, 5.74) is 2.33. The normalized spacial score (nSPS) is 9.57. The van der Waals surface area contributed by atoms with Gasteiger partial charge in [0.2, 0.25) is 0 Å². The Hall–Kier alpha value is -1.02. The van der Waals surface area contributed by atoms with Gasteiger partial charge in [-0.25, -0.2) is 0 Å². The van der Waals surface area contributed by atoms with Gasteiger partial charge in [-0.1, -0.05) is 35.9 Å². The van der Waals surface area contributed by atoms with Crippen molar-refractivity contribution >= 4 is 18.0 Å². The van der Waals surface area contributed by atoms with E-state index >= 15 is 0 Å². The van der Waals surface area contributed by atoms with Crippen LogP contribution in [0.15, 0.2) is 40.8 Å². The van der Waals surface area contributed by atoms with E-state index in [0.29, 0.717) is 0 Å². The largest absolute Gasteiger partial charge is 0.297 e. The standard InChI is InChI=1S/C12H14OS/c1-10(2)12(8-13)14-9-11-6-4-3-5-7-11/h3-8H,9H2,1-2H3. The molecule has 14 heavy (non-hydrogen) atoms. The third-order valence-electron chi connectivity index (χ3n) is 1.84. The molecule has 0 heterocycles. The number of allylic oxidation sites excluding steroid dienone is 2. The lowest BCUT2D eigenvalue weighted by molar-refractivity contribution is -0.104. The number of hydrogen-bond donors (Lipinski definition) is 0. The summed E-state index contributed by atoms with van der Waals surface area (Å²) in [4.78, 5) is 11.5. The average molecular weight is 206 g/mol. The molecule has 0 saturated heterocycles. The Morgan fingerprint density at radius 3 is 2.43 bits per heavy atom. The zero-order valence-electron chi connectivity index (χ0n) is 8.49. The van der Waals surface area contributed by atoms with Gasteiger partial charge in [0.15, 0.2) is 6.29 Å². The monoisotopic (exact) mass is 206 g/mol. The molecule has 0 bridgehead atoms. The fraction of sp³-hybridized carbons (Fsp3) is 0.250. The summed E-state index contributed by atoms with van der Waals surface area (Å²) < 4.78 is 0. The van der Waals surface area contributed by atoms with Crippen LogP contribution in [0.5, 0.6) is 0 Å². The summed E-state index contributed by atoms with van der Waals surface area (Å²) in [6, 6.07) is 10.2. The van der Waals surface area contributed by atoms with Crippen molar-refractivity contribution < 1.29 is 4.79 Å². The number of carbonyl (C=O) groups excluding carboxylic acids is 1. The van der Waals surface area contributed by atoms with E-state index in [1.807, 2.05) is 32.0 Å². The highest BCUT2D eigenvalue weighted by Crippen LogP contribution is 2.22. The van der Waals surface area contributed by atoms with E-state index in [-0.39, 0.29) is 0 Å². The Morgan fingerprint density at radius 2 is 1.93 bits per heavy atom. The summed E-state index contributed by atoms with van der Waals surface area (Å²) in [5, 5.41) is 0. The molecule has 74 valence electrons. The van der Waals surface area contributed by atoms with Gasteiger partial charge in [0.1, 0.15) is 0 Å².